The molecule has 0 aromatic heterocycles. The molecule has 0 aliphatic rings. The van der Waals surface area contributed by atoms with Crippen LogP contribution in [0.4, 0.5) is 0 Å². The number of benzene rings is 1. The smallest absolute Gasteiger partial charge is 0.164 e. The van der Waals surface area contributed by atoms with Crippen molar-refractivity contribution in [1.82, 2.24) is 0 Å². The van der Waals surface area contributed by atoms with E-state index < -0.39 is 0 Å². The van der Waals surface area contributed by atoms with Crippen LogP contribution in [-0.4, -0.2) is 24.5 Å². The molecule has 0 bridgehead atoms. The number of Topliss-reactive ketones (excluding diaryl/α,β-unsaturated/α-hetero) is 1. The third-order valence-corrected chi connectivity index (χ3v) is 4.01. The van der Waals surface area contributed by atoms with Gasteiger partial charge in [0.1, 0.15) is 5.75 Å². The van der Waals surface area contributed by atoms with Gasteiger partial charge in [0.25, 0.3) is 0 Å². The fourth-order valence-corrected chi connectivity index (χ4v) is 2.65. The van der Waals surface area contributed by atoms with E-state index in [2.05, 4.69) is 6.92 Å². The van der Waals surface area contributed by atoms with Crippen molar-refractivity contribution < 1.29 is 9.53 Å². The summed E-state index contributed by atoms with van der Waals surface area (Å²) in [7, 11) is 0. The van der Waals surface area contributed by atoms with E-state index >= 15 is 0 Å². The summed E-state index contributed by atoms with van der Waals surface area (Å²) in [6.07, 6.45) is 7.14. The zero-order valence-electron chi connectivity index (χ0n) is 12.3. The fraction of sp³-hybridized carbons (Fsp3) is 0.562. The van der Waals surface area contributed by atoms with Crippen LogP contribution in [0.5, 0.6) is 5.75 Å². The molecule has 0 saturated carbocycles. The number of carbonyl (C=O) groups is 1. The van der Waals surface area contributed by atoms with E-state index in [0.717, 1.165) is 23.7 Å². The molecule has 0 aliphatic carbocycles. The van der Waals surface area contributed by atoms with E-state index in [4.69, 9.17) is 16.3 Å². The van der Waals surface area contributed by atoms with Crippen LogP contribution in [0.15, 0.2) is 23.1 Å². The second-order valence-electron chi connectivity index (χ2n) is 4.64. The monoisotopic (exact) mass is 314 g/mol. The third kappa shape index (κ3) is 5.76. The molecule has 0 spiro atoms. The average molecular weight is 315 g/mol. The molecular weight excluding hydrogens is 292 g/mol. The summed E-state index contributed by atoms with van der Waals surface area (Å²) in [5.41, 5.74) is 0.716. The Morgan fingerprint density at radius 2 is 2.10 bits per heavy atom. The first-order valence-corrected chi connectivity index (χ1v) is 8.88. The molecule has 20 heavy (non-hydrogen) atoms. The predicted molar refractivity (Wildman–Crippen MR) is 87.5 cm³/mol. The van der Waals surface area contributed by atoms with Crippen LogP contribution in [-0.2, 0) is 0 Å². The minimum Gasteiger partial charge on any atom is -0.492 e. The summed E-state index contributed by atoms with van der Waals surface area (Å²) >= 11 is 7.21. The molecule has 0 N–H and O–H groups in total. The Labute approximate surface area is 131 Å². The molecule has 0 radical (unpaired) electrons. The molecular formula is C16H23ClO2S. The first-order chi connectivity index (χ1) is 9.72. The minimum absolute atomic E-state index is 0.0878. The lowest BCUT2D eigenvalue weighted by molar-refractivity contribution is 0.0989. The van der Waals surface area contributed by atoms with Gasteiger partial charge < -0.3 is 4.74 Å². The first kappa shape index (κ1) is 17.4. The van der Waals surface area contributed by atoms with Crippen LogP contribution in [0, 0.1) is 0 Å². The highest BCUT2D eigenvalue weighted by Gasteiger charge is 2.09. The van der Waals surface area contributed by atoms with Crippen molar-refractivity contribution in [2.45, 2.75) is 43.9 Å². The molecule has 0 amide bonds. The molecule has 0 saturated heterocycles. The number of alkyl halides is 1. The normalized spacial score (nSPS) is 10.6. The fourth-order valence-electron chi connectivity index (χ4n) is 1.90. The first-order valence-electron chi connectivity index (χ1n) is 7.13. The van der Waals surface area contributed by atoms with Crippen LogP contribution >= 0.6 is 23.4 Å². The maximum atomic E-state index is 11.8. The van der Waals surface area contributed by atoms with Crippen LogP contribution < -0.4 is 4.74 Å². The van der Waals surface area contributed by atoms with Gasteiger partial charge in [-0.25, -0.2) is 0 Å². The van der Waals surface area contributed by atoms with Gasteiger partial charge in [0.2, 0.25) is 0 Å². The molecule has 1 rings (SSSR count). The van der Waals surface area contributed by atoms with Gasteiger partial charge in [-0.1, -0.05) is 26.2 Å². The molecule has 4 heteroatoms. The zero-order valence-corrected chi connectivity index (χ0v) is 13.9. The van der Waals surface area contributed by atoms with Crippen molar-refractivity contribution in [3.8, 4) is 5.75 Å². The Morgan fingerprint density at radius 3 is 2.75 bits per heavy atom. The maximum Gasteiger partial charge on any atom is 0.164 e. The quantitative estimate of drug-likeness (QED) is 0.258. The topological polar surface area (TPSA) is 26.3 Å². The Hall–Kier alpha value is -0.670. The van der Waals surface area contributed by atoms with Gasteiger partial charge in [-0.15, -0.1) is 23.4 Å². The van der Waals surface area contributed by atoms with E-state index in [0.29, 0.717) is 17.9 Å². The Kier molecular flexibility index (Phi) is 8.79. The van der Waals surface area contributed by atoms with Crippen molar-refractivity contribution in [2.75, 3.05) is 18.7 Å². The standard InChI is InChI=1S/C16H23ClO2S/c1-3-4-5-6-11-19-15-8-7-13(12-16(15)20-2)14(18)9-10-17/h7-8,12H,3-6,9-11H2,1-2H3. The number of unbranched alkanes of at least 4 members (excludes halogenated alkanes) is 3. The molecule has 0 heterocycles. The van der Waals surface area contributed by atoms with Gasteiger partial charge in [0.15, 0.2) is 5.78 Å². The Morgan fingerprint density at radius 1 is 1.30 bits per heavy atom. The molecule has 112 valence electrons. The average Bonchev–Trinajstić information content (AvgIpc) is 2.47. The SMILES string of the molecule is CCCCCCOc1ccc(C(=O)CCCl)cc1SC. The van der Waals surface area contributed by atoms with Gasteiger partial charge in [-0.2, -0.15) is 0 Å². The highest BCUT2D eigenvalue weighted by atomic mass is 35.5. The second-order valence-corrected chi connectivity index (χ2v) is 5.86. The number of thioether (sulfide) groups is 1. The largest absolute Gasteiger partial charge is 0.492 e. The van der Waals surface area contributed by atoms with Crippen LogP contribution in [0.1, 0.15) is 49.4 Å². The molecule has 2 nitrogen and oxygen atoms in total. The number of hydrogen-bond acceptors (Lipinski definition) is 3. The third-order valence-electron chi connectivity index (χ3n) is 3.06. The maximum absolute atomic E-state index is 11.8. The van der Waals surface area contributed by atoms with E-state index in [-0.39, 0.29) is 5.78 Å². The van der Waals surface area contributed by atoms with Gasteiger partial charge >= 0.3 is 0 Å². The van der Waals surface area contributed by atoms with Gasteiger partial charge in [0, 0.05) is 22.8 Å². The Bertz CT molecular complexity index is 421. The van der Waals surface area contributed by atoms with E-state index in [1.165, 1.54) is 19.3 Å². The van der Waals surface area contributed by atoms with Gasteiger partial charge in [-0.3, -0.25) is 4.79 Å². The number of halogens is 1. The molecule has 1 aromatic rings. The minimum atomic E-state index is 0.0878. The number of ketones is 1. The lowest BCUT2D eigenvalue weighted by atomic mass is 10.1. The van der Waals surface area contributed by atoms with Gasteiger partial charge in [0.05, 0.1) is 6.61 Å². The summed E-state index contributed by atoms with van der Waals surface area (Å²) in [5, 5.41) is 0. The number of ether oxygens (including phenoxy) is 1. The molecule has 0 fully saturated rings. The van der Waals surface area contributed by atoms with Crippen LogP contribution in [0.2, 0.25) is 0 Å². The lowest BCUT2D eigenvalue weighted by Gasteiger charge is -2.11. The summed E-state index contributed by atoms with van der Waals surface area (Å²) in [5.74, 6) is 1.32. The van der Waals surface area contributed by atoms with E-state index in [1.807, 2.05) is 24.5 Å². The van der Waals surface area contributed by atoms with Crippen LogP contribution in [0.25, 0.3) is 0 Å². The van der Waals surface area contributed by atoms with Crippen molar-refractivity contribution in [2.24, 2.45) is 0 Å². The number of carbonyl (C=O) groups excluding carboxylic acids is 1. The lowest BCUT2D eigenvalue weighted by Crippen LogP contribution is -2.02. The molecule has 0 atom stereocenters. The molecule has 0 aliphatic heterocycles. The highest BCUT2D eigenvalue weighted by Crippen LogP contribution is 2.29. The number of rotatable bonds is 10. The highest BCUT2D eigenvalue weighted by molar-refractivity contribution is 7.98. The summed E-state index contributed by atoms with van der Waals surface area (Å²) < 4.78 is 5.81. The molecule has 0 unspecified atom stereocenters. The van der Waals surface area contributed by atoms with Gasteiger partial charge in [-0.05, 0) is 30.9 Å². The van der Waals surface area contributed by atoms with Crippen LogP contribution in [0.3, 0.4) is 0 Å². The van der Waals surface area contributed by atoms with Crippen molar-refractivity contribution >= 4 is 29.1 Å². The van der Waals surface area contributed by atoms with Crippen molar-refractivity contribution in [3.63, 3.8) is 0 Å². The van der Waals surface area contributed by atoms with Crippen molar-refractivity contribution in [3.05, 3.63) is 23.8 Å². The molecule has 1 aromatic carbocycles. The van der Waals surface area contributed by atoms with Crippen molar-refractivity contribution in [1.29, 1.82) is 0 Å². The number of hydrogen-bond donors (Lipinski definition) is 0. The van der Waals surface area contributed by atoms with E-state index in [9.17, 15) is 4.79 Å². The summed E-state index contributed by atoms with van der Waals surface area (Å²) in [6, 6.07) is 5.63. The second kappa shape index (κ2) is 10.1. The Balaban J connectivity index is 2.61. The van der Waals surface area contributed by atoms with E-state index in [1.54, 1.807) is 11.8 Å². The predicted octanol–water partition coefficient (Wildman–Crippen LogP) is 5.18. The zero-order chi connectivity index (χ0) is 14.8. The summed E-state index contributed by atoms with van der Waals surface area (Å²) in [6.45, 7) is 2.94. The summed E-state index contributed by atoms with van der Waals surface area (Å²) in [4.78, 5) is 12.8.